The fourth-order valence-corrected chi connectivity index (χ4v) is 3.29. The van der Waals surface area contributed by atoms with Gasteiger partial charge in [-0.2, -0.15) is 13.2 Å². The molecule has 3 aromatic carbocycles. The second kappa shape index (κ2) is 9.01. The van der Waals surface area contributed by atoms with Crippen molar-refractivity contribution in [1.29, 1.82) is 0 Å². The van der Waals surface area contributed by atoms with Crippen molar-refractivity contribution < 1.29 is 26.7 Å². The first-order valence-electron chi connectivity index (χ1n) is 10.3. The minimum Gasteiger partial charge on any atom is -0.489 e. The topological polar surface area (TPSA) is 86.0 Å². The Morgan fingerprint density at radius 2 is 1.71 bits per heavy atom. The number of aromatic nitrogens is 4. The number of hydrogen-bond donors (Lipinski definition) is 1. The standard InChI is InChI=1S/C24H15F4N5O2/c25-19-4-2-1-3-15(19)12-34-17-8-6-16(7-9-17)31-21-18-11-14(5-10-20(18)29-13-30-21)22-32-33-23(35-22)24(26,27)28/h1-11,13H,12H2,(H,29,30,31). The lowest BCUT2D eigenvalue weighted by Gasteiger charge is -2.11. The molecule has 0 saturated heterocycles. The van der Waals surface area contributed by atoms with Gasteiger partial charge in [-0.25, -0.2) is 14.4 Å². The first kappa shape index (κ1) is 22.3. The van der Waals surface area contributed by atoms with Gasteiger partial charge in [-0.1, -0.05) is 18.2 Å². The van der Waals surface area contributed by atoms with Gasteiger partial charge in [-0.3, -0.25) is 0 Å². The molecule has 11 heteroatoms. The molecule has 0 unspecified atom stereocenters. The molecule has 5 aromatic rings. The van der Waals surface area contributed by atoms with Gasteiger partial charge in [0.1, 0.15) is 30.3 Å². The van der Waals surface area contributed by atoms with E-state index < -0.39 is 12.1 Å². The van der Waals surface area contributed by atoms with Gasteiger partial charge < -0.3 is 14.5 Å². The molecule has 0 spiro atoms. The molecule has 0 fully saturated rings. The van der Waals surface area contributed by atoms with Crippen LogP contribution in [0.3, 0.4) is 0 Å². The predicted octanol–water partition coefficient (Wildman–Crippen LogP) is 6.16. The monoisotopic (exact) mass is 481 g/mol. The molecule has 1 N–H and O–H groups in total. The molecule has 2 heterocycles. The van der Waals surface area contributed by atoms with Crippen molar-refractivity contribution in [2.24, 2.45) is 0 Å². The van der Waals surface area contributed by atoms with Gasteiger partial charge in [0, 0.05) is 22.2 Å². The Hall–Kier alpha value is -4.54. The number of ether oxygens (including phenoxy) is 1. The maximum Gasteiger partial charge on any atom is 0.470 e. The van der Waals surface area contributed by atoms with Crippen molar-refractivity contribution in [3.63, 3.8) is 0 Å². The van der Waals surface area contributed by atoms with E-state index in [0.717, 1.165) is 0 Å². The fourth-order valence-electron chi connectivity index (χ4n) is 3.29. The summed E-state index contributed by atoms with van der Waals surface area (Å²) in [4.78, 5) is 8.44. The second-order valence-corrected chi connectivity index (χ2v) is 7.39. The minimum atomic E-state index is -4.73. The van der Waals surface area contributed by atoms with Crippen molar-refractivity contribution in [2.45, 2.75) is 12.8 Å². The van der Waals surface area contributed by atoms with Crippen molar-refractivity contribution in [1.82, 2.24) is 20.2 Å². The van der Waals surface area contributed by atoms with Crippen molar-refractivity contribution in [3.05, 3.63) is 90.3 Å². The van der Waals surface area contributed by atoms with Gasteiger partial charge in [0.25, 0.3) is 0 Å². The van der Waals surface area contributed by atoms with E-state index >= 15 is 0 Å². The lowest BCUT2D eigenvalue weighted by Crippen LogP contribution is -2.04. The van der Waals surface area contributed by atoms with Crippen LogP contribution in [0.4, 0.5) is 29.1 Å². The highest BCUT2D eigenvalue weighted by Crippen LogP contribution is 2.32. The van der Waals surface area contributed by atoms with Crippen LogP contribution in [0.1, 0.15) is 11.5 Å². The van der Waals surface area contributed by atoms with E-state index in [4.69, 9.17) is 9.15 Å². The van der Waals surface area contributed by atoms with Gasteiger partial charge in [0.05, 0.1) is 5.52 Å². The highest BCUT2D eigenvalue weighted by Gasteiger charge is 2.38. The van der Waals surface area contributed by atoms with Crippen molar-refractivity contribution in [3.8, 4) is 17.2 Å². The van der Waals surface area contributed by atoms with E-state index in [1.165, 1.54) is 18.5 Å². The molecule has 2 aromatic heterocycles. The molecule has 7 nitrogen and oxygen atoms in total. The van der Waals surface area contributed by atoms with E-state index in [-0.39, 0.29) is 23.9 Å². The van der Waals surface area contributed by atoms with Gasteiger partial charge in [0.15, 0.2) is 0 Å². The first-order valence-corrected chi connectivity index (χ1v) is 10.3. The molecule has 0 aliphatic rings. The average molecular weight is 481 g/mol. The molecule has 0 aliphatic carbocycles. The molecule has 0 radical (unpaired) electrons. The van der Waals surface area contributed by atoms with E-state index in [9.17, 15) is 17.6 Å². The molecule has 0 atom stereocenters. The number of alkyl halides is 3. The van der Waals surface area contributed by atoms with Crippen LogP contribution in [-0.4, -0.2) is 20.2 Å². The van der Waals surface area contributed by atoms with Gasteiger partial charge in [-0.05, 0) is 48.5 Å². The summed E-state index contributed by atoms with van der Waals surface area (Å²) in [5, 5.41) is 10.2. The zero-order valence-corrected chi connectivity index (χ0v) is 17.8. The number of fused-ring (bicyclic) bond motifs is 1. The quantitative estimate of drug-likeness (QED) is 0.291. The van der Waals surface area contributed by atoms with Crippen LogP contribution in [0.15, 0.2) is 77.5 Å². The summed E-state index contributed by atoms with van der Waals surface area (Å²) in [6.45, 7) is 0.0878. The van der Waals surface area contributed by atoms with E-state index in [0.29, 0.717) is 33.7 Å². The summed E-state index contributed by atoms with van der Waals surface area (Å²) in [6.07, 6.45) is -3.37. The first-order chi connectivity index (χ1) is 16.9. The van der Waals surface area contributed by atoms with Crippen LogP contribution < -0.4 is 10.1 Å². The van der Waals surface area contributed by atoms with Crippen LogP contribution in [0, 0.1) is 5.82 Å². The zero-order chi connectivity index (χ0) is 24.4. The van der Waals surface area contributed by atoms with Crippen LogP contribution in [0.5, 0.6) is 5.75 Å². The lowest BCUT2D eigenvalue weighted by atomic mass is 10.1. The van der Waals surface area contributed by atoms with Crippen LogP contribution >= 0.6 is 0 Å². The Morgan fingerprint density at radius 1 is 0.914 bits per heavy atom. The molecule has 5 rings (SSSR count). The number of benzene rings is 3. The third-order valence-electron chi connectivity index (χ3n) is 5.02. The maximum atomic E-state index is 13.8. The Bertz CT molecular complexity index is 1490. The average Bonchev–Trinajstić information content (AvgIpc) is 3.36. The minimum absolute atomic E-state index is 0.0878. The van der Waals surface area contributed by atoms with E-state index in [1.54, 1.807) is 54.6 Å². The van der Waals surface area contributed by atoms with E-state index in [2.05, 4.69) is 25.5 Å². The smallest absolute Gasteiger partial charge is 0.470 e. The Morgan fingerprint density at radius 3 is 2.46 bits per heavy atom. The number of nitrogens with one attached hydrogen (secondary N) is 1. The third kappa shape index (κ3) is 4.88. The largest absolute Gasteiger partial charge is 0.489 e. The molecule has 0 bridgehead atoms. The van der Waals surface area contributed by atoms with Gasteiger partial charge in [-0.15, -0.1) is 10.2 Å². The maximum absolute atomic E-state index is 13.8. The fraction of sp³-hybridized carbons (Fsp3) is 0.0833. The summed E-state index contributed by atoms with van der Waals surface area (Å²) >= 11 is 0. The summed E-state index contributed by atoms with van der Waals surface area (Å²) in [7, 11) is 0. The van der Waals surface area contributed by atoms with Crippen LogP contribution in [0.2, 0.25) is 0 Å². The predicted molar refractivity (Wildman–Crippen MR) is 118 cm³/mol. The van der Waals surface area contributed by atoms with Gasteiger partial charge >= 0.3 is 12.1 Å². The number of halogens is 4. The Kier molecular flexibility index (Phi) is 5.73. The summed E-state index contributed by atoms with van der Waals surface area (Å²) in [5.74, 6) is -1.06. The summed E-state index contributed by atoms with van der Waals surface area (Å²) < 4.78 is 62.6. The van der Waals surface area contributed by atoms with Crippen LogP contribution in [-0.2, 0) is 12.8 Å². The number of nitrogens with zero attached hydrogens (tertiary/aromatic N) is 4. The molecule has 176 valence electrons. The molecular formula is C24H15F4N5O2. The van der Waals surface area contributed by atoms with Crippen LogP contribution in [0.25, 0.3) is 22.4 Å². The van der Waals surface area contributed by atoms with E-state index in [1.807, 2.05) is 0 Å². The molecule has 0 amide bonds. The van der Waals surface area contributed by atoms with Crippen molar-refractivity contribution in [2.75, 3.05) is 5.32 Å². The SMILES string of the molecule is Fc1ccccc1COc1ccc(Nc2ncnc3ccc(-c4nnc(C(F)(F)F)o4)cc23)cc1. The molecule has 0 saturated carbocycles. The highest BCUT2D eigenvalue weighted by molar-refractivity contribution is 5.93. The van der Waals surface area contributed by atoms with Gasteiger partial charge in [0.2, 0.25) is 5.89 Å². The van der Waals surface area contributed by atoms with Crippen molar-refractivity contribution >= 4 is 22.4 Å². The molecule has 35 heavy (non-hydrogen) atoms. The molecule has 0 aliphatic heterocycles. The summed E-state index contributed by atoms with van der Waals surface area (Å²) in [5.41, 5.74) is 1.97. The normalized spacial score (nSPS) is 11.5. The highest BCUT2D eigenvalue weighted by atomic mass is 19.4. The Balaban J connectivity index is 1.35. The lowest BCUT2D eigenvalue weighted by molar-refractivity contribution is -0.156. The Labute approximate surface area is 195 Å². The number of rotatable bonds is 6. The molecular weight excluding hydrogens is 466 g/mol. The third-order valence-corrected chi connectivity index (χ3v) is 5.02. The number of hydrogen-bond acceptors (Lipinski definition) is 7. The number of anilines is 2. The summed E-state index contributed by atoms with van der Waals surface area (Å²) in [6, 6.07) is 18.0. The second-order valence-electron chi connectivity index (χ2n) is 7.39. The zero-order valence-electron chi connectivity index (χ0n) is 17.8.